The first-order chi connectivity index (χ1) is 8.13. The Labute approximate surface area is 108 Å². The Morgan fingerprint density at radius 2 is 2.35 bits per heavy atom. The highest BCUT2D eigenvalue weighted by molar-refractivity contribution is 9.10. The van der Waals surface area contributed by atoms with Crippen LogP contribution in [0.2, 0.25) is 0 Å². The number of anilines is 2. The number of halogens is 1. The first-order valence-corrected chi connectivity index (χ1v) is 6.33. The van der Waals surface area contributed by atoms with Gasteiger partial charge in [0, 0.05) is 13.1 Å². The molecule has 0 bridgehead atoms. The number of nitrogens with two attached hydrogens (primary N) is 1. The third-order valence-corrected chi connectivity index (χ3v) is 3.86. The molecule has 94 valence electrons. The van der Waals surface area contributed by atoms with Crippen molar-refractivity contribution in [2.75, 3.05) is 23.4 Å². The average molecular weight is 302 g/mol. The van der Waals surface area contributed by atoms with E-state index >= 15 is 0 Å². The van der Waals surface area contributed by atoms with Gasteiger partial charge < -0.3 is 15.4 Å². The molecule has 0 spiro atoms. The molecule has 2 atom stereocenters. The Morgan fingerprint density at radius 1 is 1.59 bits per heavy atom. The maximum atomic E-state index is 9.89. The van der Waals surface area contributed by atoms with E-state index in [1.165, 1.54) is 6.33 Å². The molecule has 0 aromatic carbocycles. The molecule has 2 unspecified atom stereocenters. The zero-order valence-electron chi connectivity index (χ0n) is 9.60. The SMILES string of the molecule is CC1CCN(c2ncnc(NN)c2Br)CC1O. The summed E-state index contributed by atoms with van der Waals surface area (Å²) in [4.78, 5) is 10.3. The molecular formula is C10H16BrN5O. The van der Waals surface area contributed by atoms with Gasteiger partial charge in [0.25, 0.3) is 0 Å². The molecule has 0 saturated carbocycles. The quantitative estimate of drug-likeness (QED) is 0.551. The van der Waals surface area contributed by atoms with Gasteiger partial charge in [-0.15, -0.1) is 0 Å². The van der Waals surface area contributed by atoms with Crippen molar-refractivity contribution >= 4 is 27.6 Å². The number of nitrogen functional groups attached to an aromatic ring is 1. The number of hydrogen-bond donors (Lipinski definition) is 3. The second kappa shape index (κ2) is 5.16. The molecular weight excluding hydrogens is 286 g/mol. The van der Waals surface area contributed by atoms with E-state index in [4.69, 9.17) is 5.84 Å². The molecule has 7 heteroatoms. The van der Waals surface area contributed by atoms with Crippen LogP contribution in [0.5, 0.6) is 0 Å². The van der Waals surface area contributed by atoms with E-state index in [2.05, 4.69) is 38.2 Å². The van der Waals surface area contributed by atoms with Gasteiger partial charge in [-0.2, -0.15) is 0 Å². The molecule has 1 aromatic rings. The summed E-state index contributed by atoms with van der Waals surface area (Å²) in [5, 5.41) is 9.89. The molecule has 0 radical (unpaired) electrons. The number of rotatable bonds is 2. The maximum Gasteiger partial charge on any atom is 0.159 e. The smallest absolute Gasteiger partial charge is 0.159 e. The normalized spacial score (nSPS) is 24.8. The van der Waals surface area contributed by atoms with Crippen LogP contribution in [0.25, 0.3) is 0 Å². The van der Waals surface area contributed by atoms with Gasteiger partial charge in [0.05, 0.1) is 6.10 Å². The molecule has 1 aliphatic heterocycles. The van der Waals surface area contributed by atoms with Gasteiger partial charge in [-0.3, -0.25) is 0 Å². The van der Waals surface area contributed by atoms with E-state index in [9.17, 15) is 5.11 Å². The van der Waals surface area contributed by atoms with Crippen molar-refractivity contribution in [3.8, 4) is 0 Å². The Hall–Kier alpha value is -0.920. The van der Waals surface area contributed by atoms with Crippen molar-refractivity contribution in [1.29, 1.82) is 0 Å². The maximum absolute atomic E-state index is 9.89. The van der Waals surface area contributed by atoms with Crippen molar-refractivity contribution in [3.63, 3.8) is 0 Å². The summed E-state index contributed by atoms with van der Waals surface area (Å²) >= 11 is 3.42. The van der Waals surface area contributed by atoms with Crippen LogP contribution < -0.4 is 16.2 Å². The van der Waals surface area contributed by atoms with Crippen LogP contribution in [0.15, 0.2) is 10.8 Å². The third-order valence-electron chi connectivity index (χ3n) is 3.13. The fraction of sp³-hybridized carbons (Fsp3) is 0.600. The molecule has 6 nitrogen and oxygen atoms in total. The number of aliphatic hydroxyl groups excluding tert-OH is 1. The number of hydrazine groups is 1. The molecule has 1 aliphatic rings. The lowest BCUT2D eigenvalue weighted by Gasteiger charge is -2.35. The molecule has 0 amide bonds. The van der Waals surface area contributed by atoms with E-state index in [1.54, 1.807) is 0 Å². The van der Waals surface area contributed by atoms with Gasteiger partial charge in [0.2, 0.25) is 0 Å². The standard InChI is InChI=1S/C10H16BrN5O/c1-6-2-3-16(4-7(6)17)10-8(11)9(15-12)13-5-14-10/h5-7,17H,2-4,12H2,1H3,(H,13,14,15). The van der Waals surface area contributed by atoms with Crippen LogP contribution in [0, 0.1) is 5.92 Å². The van der Waals surface area contributed by atoms with Gasteiger partial charge in [0.15, 0.2) is 5.82 Å². The molecule has 1 fully saturated rings. The highest BCUT2D eigenvalue weighted by atomic mass is 79.9. The van der Waals surface area contributed by atoms with Gasteiger partial charge in [-0.25, -0.2) is 15.8 Å². The average Bonchev–Trinajstić information content (AvgIpc) is 2.33. The van der Waals surface area contributed by atoms with Crippen molar-refractivity contribution in [2.45, 2.75) is 19.4 Å². The minimum Gasteiger partial charge on any atom is -0.391 e. The highest BCUT2D eigenvalue weighted by Crippen LogP contribution is 2.31. The number of nitrogens with one attached hydrogen (secondary N) is 1. The summed E-state index contributed by atoms with van der Waals surface area (Å²) < 4.78 is 0.726. The van der Waals surface area contributed by atoms with Crippen LogP contribution >= 0.6 is 15.9 Å². The zero-order chi connectivity index (χ0) is 12.4. The van der Waals surface area contributed by atoms with E-state index < -0.39 is 0 Å². The van der Waals surface area contributed by atoms with Crippen LogP contribution in [0.3, 0.4) is 0 Å². The Bertz CT molecular complexity index is 402. The van der Waals surface area contributed by atoms with Crippen LogP contribution in [-0.4, -0.2) is 34.3 Å². The fourth-order valence-corrected chi connectivity index (χ4v) is 2.49. The largest absolute Gasteiger partial charge is 0.391 e. The zero-order valence-corrected chi connectivity index (χ0v) is 11.2. The highest BCUT2D eigenvalue weighted by Gasteiger charge is 2.26. The topological polar surface area (TPSA) is 87.3 Å². The second-order valence-corrected chi connectivity index (χ2v) is 5.08. The Kier molecular flexibility index (Phi) is 3.80. The number of aromatic nitrogens is 2. The first kappa shape index (κ1) is 12.5. The van der Waals surface area contributed by atoms with Gasteiger partial charge in [-0.1, -0.05) is 6.92 Å². The molecule has 1 aromatic heterocycles. The summed E-state index contributed by atoms with van der Waals surface area (Å²) in [6, 6.07) is 0. The fourth-order valence-electron chi connectivity index (χ4n) is 1.92. The summed E-state index contributed by atoms with van der Waals surface area (Å²) in [5.41, 5.74) is 2.51. The summed E-state index contributed by atoms with van der Waals surface area (Å²) in [6.45, 7) is 3.52. The molecule has 2 heterocycles. The number of β-amino-alcohol motifs (C(OH)–C–C–N with tert-alkyl or cyclic N) is 1. The Morgan fingerprint density at radius 3 is 3.00 bits per heavy atom. The van der Waals surface area contributed by atoms with E-state index in [1.807, 2.05) is 4.90 Å². The predicted molar refractivity (Wildman–Crippen MR) is 69.5 cm³/mol. The number of piperidine rings is 1. The number of aliphatic hydroxyl groups is 1. The lowest BCUT2D eigenvalue weighted by molar-refractivity contribution is 0.102. The van der Waals surface area contributed by atoms with Crippen LogP contribution in [0.1, 0.15) is 13.3 Å². The first-order valence-electron chi connectivity index (χ1n) is 5.53. The van der Waals surface area contributed by atoms with E-state index in [-0.39, 0.29) is 6.10 Å². The number of hydrogen-bond acceptors (Lipinski definition) is 6. The van der Waals surface area contributed by atoms with Crippen molar-refractivity contribution in [3.05, 3.63) is 10.8 Å². The summed E-state index contributed by atoms with van der Waals surface area (Å²) in [7, 11) is 0. The van der Waals surface area contributed by atoms with E-state index in [0.29, 0.717) is 18.3 Å². The summed E-state index contributed by atoms with van der Waals surface area (Å²) in [5.74, 6) is 7.00. The third kappa shape index (κ3) is 2.51. The lowest BCUT2D eigenvalue weighted by atomic mass is 9.96. The molecule has 17 heavy (non-hydrogen) atoms. The van der Waals surface area contributed by atoms with Crippen molar-refractivity contribution in [2.24, 2.45) is 11.8 Å². The van der Waals surface area contributed by atoms with Gasteiger partial charge >= 0.3 is 0 Å². The van der Waals surface area contributed by atoms with Crippen LogP contribution in [0.4, 0.5) is 11.6 Å². The molecule has 1 saturated heterocycles. The van der Waals surface area contributed by atoms with Crippen molar-refractivity contribution < 1.29 is 5.11 Å². The Balaban J connectivity index is 2.23. The molecule has 2 rings (SSSR count). The second-order valence-electron chi connectivity index (χ2n) is 4.28. The van der Waals surface area contributed by atoms with Crippen LogP contribution in [-0.2, 0) is 0 Å². The lowest BCUT2D eigenvalue weighted by Crippen LogP contribution is -2.43. The minimum atomic E-state index is -0.320. The minimum absolute atomic E-state index is 0.320. The van der Waals surface area contributed by atoms with Crippen molar-refractivity contribution in [1.82, 2.24) is 9.97 Å². The van der Waals surface area contributed by atoms with Gasteiger partial charge in [0.1, 0.15) is 16.6 Å². The molecule has 0 aliphatic carbocycles. The van der Waals surface area contributed by atoms with E-state index in [0.717, 1.165) is 23.3 Å². The number of nitrogens with zero attached hydrogens (tertiary/aromatic N) is 3. The monoisotopic (exact) mass is 301 g/mol. The van der Waals surface area contributed by atoms with Gasteiger partial charge in [-0.05, 0) is 28.3 Å². The molecule has 4 N–H and O–H groups in total. The predicted octanol–water partition coefficient (Wildman–Crippen LogP) is 0.732. The summed E-state index contributed by atoms with van der Waals surface area (Å²) in [6.07, 6.45) is 2.09.